The number of hydrogen-bond donors (Lipinski definition) is 1. The van der Waals surface area contributed by atoms with Crippen LogP contribution in [0, 0.1) is 4.91 Å². The largest absolute Gasteiger partial charge is 0.418 e. The summed E-state index contributed by atoms with van der Waals surface area (Å²) in [4.78, 5) is 27.6. The first kappa shape index (κ1) is 28.2. The van der Waals surface area contributed by atoms with Gasteiger partial charge in [0.25, 0.3) is 0 Å². The van der Waals surface area contributed by atoms with Gasteiger partial charge in [0.1, 0.15) is 12.3 Å². The molecule has 3 aromatic rings. The van der Waals surface area contributed by atoms with Crippen LogP contribution < -0.4 is 10.2 Å². The van der Waals surface area contributed by atoms with Gasteiger partial charge in [-0.25, -0.2) is 0 Å². The Morgan fingerprint density at radius 3 is 2.35 bits per heavy atom. The van der Waals surface area contributed by atoms with Crippen molar-refractivity contribution >= 4 is 45.3 Å². The van der Waals surface area contributed by atoms with Crippen molar-refractivity contribution in [3.63, 3.8) is 0 Å². The van der Waals surface area contributed by atoms with E-state index in [1.54, 1.807) is 0 Å². The van der Waals surface area contributed by atoms with Crippen LogP contribution in [0.3, 0.4) is 0 Å². The zero-order chi connectivity index (χ0) is 28.3. The predicted molar refractivity (Wildman–Crippen MR) is 150 cm³/mol. The number of carbonyl (C=O) groups excluding carboxylic acids is 1. The molecule has 0 unspecified atom stereocenters. The maximum absolute atomic E-state index is 13.2. The fraction of sp³-hybridized carbons (Fsp3) is 0.414. The molecule has 0 spiro atoms. The average molecular weight is 575 g/mol. The second-order valence-corrected chi connectivity index (χ2v) is 10.7. The third kappa shape index (κ3) is 6.67. The number of amides is 1. The van der Waals surface area contributed by atoms with Crippen LogP contribution in [0.25, 0.3) is 10.8 Å². The van der Waals surface area contributed by atoms with E-state index in [1.807, 2.05) is 23.1 Å². The molecule has 1 amide bonds. The van der Waals surface area contributed by atoms with E-state index in [4.69, 9.17) is 16.3 Å². The van der Waals surface area contributed by atoms with Crippen LogP contribution in [-0.2, 0) is 15.7 Å². The van der Waals surface area contributed by atoms with Gasteiger partial charge in [0.05, 0.1) is 11.7 Å². The number of piperazine rings is 1. The maximum Gasteiger partial charge on any atom is 0.418 e. The van der Waals surface area contributed by atoms with Crippen LogP contribution in [0.1, 0.15) is 31.2 Å². The summed E-state index contributed by atoms with van der Waals surface area (Å²) in [7, 11) is 0. The molecule has 212 valence electrons. The van der Waals surface area contributed by atoms with Crippen LogP contribution >= 0.6 is 11.6 Å². The number of ether oxygens (including phenoxy) is 1. The Labute approximate surface area is 235 Å². The fourth-order valence-corrected chi connectivity index (χ4v) is 5.62. The number of carbonyl (C=O) groups is 1. The topological polar surface area (TPSA) is 74.2 Å². The maximum atomic E-state index is 13.2. The van der Waals surface area contributed by atoms with Gasteiger partial charge in [-0.3, -0.25) is 4.79 Å². The van der Waals surface area contributed by atoms with Crippen LogP contribution in [0.5, 0.6) is 0 Å². The van der Waals surface area contributed by atoms with E-state index >= 15 is 0 Å². The molecular weight excluding hydrogens is 545 g/mol. The lowest BCUT2D eigenvalue weighted by molar-refractivity contribution is -0.139. The number of halogens is 4. The highest BCUT2D eigenvalue weighted by Gasteiger charge is 2.35. The highest BCUT2D eigenvalue weighted by atomic mass is 35.5. The van der Waals surface area contributed by atoms with Gasteiger partial charge < -0.3 is 19.9 Å². The molecule has 1 saturated heterocycles. The van der Waals surface area contributed by atoms with Gasteiger partial charge in [0.2, 0.25) is 5.91 Å². The molecule has 1 aliphatic heterocycles. The molecule has 5 rings (SSSR count). The van der Waals surface area contributed by atoms with E-state index < -0.39 is 17.4 Å². The van der Waals surface area contributed by atoms with Crippen molar-refractivity contribution in [2.45, 2.75) is 44.0 Å². The Balaban J connectivity index is 1.05. The van der Waals surface area contributed by atoms with Gasteiger partial charge in [-0.1, -0.05) is 23.7 Å². The molecule has 3 aromatic carbocycles. The molecule has 40 heavy (non-hydrogen) atoms. The van der Waals surface area contributed by atoms with Crippen LogP contribution in [-0.4, -0.2) is 55.7 Å². The summed E-state index contributed by atoms with van der Waals surface area (Å²) in [5, 5.41) is 8.53. The van der Waals surface area contributed by atoms with Crippen molar-refractivity contribution in [1.82, 2.24) is 4.90 Å². The summed E-state index contributed by atoms with van der Waals surface area (Å²) >= 11 is 6.09. The number of nitrogens with zero attached hydrogens (tertiary/aromatic N) is 3. The lowest BCUT2D eigenvalue weighted by Gasteiger charge is -2.36. The summed E-state index contributed by atoms with van der Waals surface area (Å²) < 4.78 is 45.5. The third-order valence-corrected chi connectivity index (χ3v) is 7.91. The minimum absolute atomic E-state index is 0.0214. The molecule has 7 nitrogen and oxygen atoms in total. The Hall–Kier alpha value is -3.37. The van der Waals surface area contributed by atoms with Gasteiger partial charge in [0.15, 0.2) is 0 Å². The van der Waals surface area contributed by atoms with Crippen LogP contribution in [0.2, 0.25) is 5.02 Å². The van der Waals surface area contributed by atoms with Crippen molar-refractivity contribution < 1.29 is 22.7 Å². The molecular formula is C29H30ClF3N4O3. The van der Waals surface area contributed by atoms with Gasteiger partial charge in [-0.15, -0.1) is 4.91 Å². The van der Waals surface area contributed by atoms with Gasteiger partial charge in [-0.05, 0) is 84.1 Å². The van der Waals surface area contributed by atoms with Crippen molar-refractivity contribution in [3.8, 4) is 0 Å². The smallest absolute Gasteiger partial charge is 0.382 e. The number of nitroso groups, excluding NO2 is 1. The minimum atomic E-state index is -4.66. The Kier molecular flexibility index (Phi) is 8.46. The molecule has 0 atom stereocenters. The molecule has 1 aliphatic carbocycles. The number of rotatable bonds is 7. The Morgan fingerprint density at radius 1 is 0.950 bits per heavy atom. The van der Waals surface area contributed by atoms with Crippen molar-refractivity contribution in [2.75, 3.05) is 43.0 Å². The van der Waals surface area contributed by atoms with E-state index in [0.717, 1.165) is 41.7 Å². The van der Waals surface area contributed by atoms with E-state index in [1.165, 1.54) is 6.07 Å². The van der Waals surface area contributed by atoms with Crippen molar-refractivity contribution in [3.05, 3.63) is 70.1 Å². The average Bonchev–Trinajstić information content (AvgIpc) is 2.96. The minimum Gasteiger partial charge on any atom is -0.382 e. The number of fused-ring (bicyclic) bond motifs is 1. The standard InChI is InChI=1S/C29H30ClF3N4O3/c30-21-3-1-20-16-24(7-2-19(20)15-21)36-11-13-37(14-12-36)28(38)18-40-25-8-4-22(5-9-25)34-23-6-10-27(35-39)26(17-23)29(31,32)33/h1-3,6-7,10,15-17,22,25,34H,4-5,8-9,11-14,18H2/t22-,25-. The van der Waals surface area contributed by atoms with E-state index in [0.29, 0.717) is 49.5 Å². The molecule has 2 aliphatic rings. The summed E-state index contributed by atoms with van der Waals surface area (Å²) in [5.74, 6) is -0.0309. The zero-order valence-corrected chi connectivity index (χ0v) is 22.5. The van der Waals surface area contributed by atoms with E-state index in [9.17, 15) is 22.9 Å². The lowest BCUT2D eigenvalue weighted by Crippen LogP contribution is -2.50. The molecule has 1 N–H and O–H groups in total. The second kappa shape index (κ2) is 12.0. The third-order valence-electron chi connectivity index (χ3n) is 7.67. The number of alkyl halides is 3. The zero-order valence-electron chi connectivity index (χ0n) is 21.8. The Morgan fingerprint density at radius 2 is 1.65 bits per heavy atom. The number of nitrogens with one attached hydrogen (secondary N) is 1. The normalized spacial score (nSPS) is 20.0. The molecule has 11 heteroatoms. The highest BCUT2D eigenvalue weighted by Crippen LogP contribution is 2.38. The fourth-order valence-electron chi connectivity index (χ4n) is 5.44. The highest BCUT2D eigenvalue weighted by molar-refractivity contribution is 6.31. The monoisotopic (exact) mass is 574 g/mol. The lowest BCUT2D eigenvalue weighted by atomic mass is 9.92. The SMILES string of the molecule is O=Nc1ccc(N[C@H]2CC[C@H](OCC(=O)N3CCN(c4ccc5cc(Cl)ccc5c4)CC3)CC2)cc1C(F)(F)F. The number of benzene rings is 3. The first-order valence-electron chi connectivity index (χ1n) is 13.3. The Bertz CT molecular complexity index is 1370. The summed E-state index contributed by atoms with van der Waals surface area (Å²) in [6.45, 7) is 2.74. The van der Waals surface area contributed by atoms with Gasteiger partial charge in [0, 0.05) is 48.6 Å². The molecule has 0 bridgehead atoms. The molecule has 2 fully saturated rings. The first-order valence-corrected chi connectivity index (χ1v) is 13.7. The van der Waals surface area contributed by atoms with Crippen molar-refractivity contribution in [1.29, 1.82) is 0 Å². The molecule has 1 saturated carbocycles. The van der Waals surface area contributed by atoms with Crippen molar-refractivity contribution in [2.24, 2.45) is 5.18 Å². The van der Waals surface area contributed by atoms with Gasteiger partial charge in [-0.2, -0.15) is 13.2 Å². The summed E-state index contributed by atoms with van der Waals surface area (Å²) in [6, 6.07) is 15.5. The quantitative estimate of drug-likeness (QED) is 0.308. The molecule has 0 aromatic heterocycles. The van der Waals surface area contributed by atoms with Crippen LogP contribution in [0.4, 0.5) is 30.2 Å². The first-order chi connectivity index (χ1) is 19.2. The second-order valence-electron chi connectivity index (χ2n) is 10.3. The molecule has 0 radical (unpaired) electrons. The summed E-state index contributed by atoms with van der Waals surface area (Å²) in [6.07, 6.45) is -1.92. The van der Waals surface area contributed by atoms with Gasteiger partial charge >= 0.3 is 6.18 Å². The van der Waals surface area contributed by atoms with Crippen LogP contribution in [0.15, 0.2) is 59.8 Å². The van der Waals surface area contributed by atoms with E-state index in [2.05, 4.69) is 33.6 Å². The molecule has 1 heterocycles. The van der Waals surface area contributed by atoms with E-state index in [-0.39, 0.29) is 24.7 Å². The summed E-state index contributed by atoms with van der Waals surface area (Å²) in [5.41, 5.74) is -0.256. The number of hydrogen-bond acceptors (Lipinski definition) is 6. The number of anilines is 2. The predicted octanol–water partition coefficient (Wildman–Crippen LogP) is 7.00.